The van der Waals surface area contributed by atoms with E-state index < -0.39 is 5.97 Å². The van der Waals surface area contributed by atoms with Gasteiger partial charge in [0, 0.05) is 24.8 Å². The zero-order valence-electron chi connectivity index (χ0n) is 10.2. The quantitative estimate of drug-likeness (QED) is 0.682. The van der Waals surface area contributed by atoms with Gasteiger partial charge in [-0.3, -0.25) is 9.69 Å². The van der Waals surface area contributed by atoms with E-state index >= 15 is 0 Å². The van der Waals surface area contributed by atoms with E-state index in [1.54, 1.807) is 0 Å². The topological polar surface area (TPSA) is 92.6 Å². The lowest BCUT2D eigenvalue weighted by Gasteiger charge is -2.27. The summed E-state index contributed by atoms with van der Waals surface area (Å²) in [6, 6.07) is 7.63. The molecule has 2 atom stereocenters. The summed E-state index contributed by atoms with van der Waals surface area (Å²) in [7, 11) is 0. The number of aliphatic carboxylic acids is 1. The van der Waals surface area contributed by atoms with Crippen molar-refractivity contribution in [3.63, 3.8) is 0 Å². The van der Waals surface area contributed by atoms with E-state index in [4.69, 9.17) is 16.6 Å². The largest absolute Gasteiger partial charge is 0.481 e. The van der Waals surface area contributed by atoms with E-state index in [0.717, 1.165) is 12.1 Å². The van der Waals surface area contributed by atoms with Gasteiger partial charge in [0.15, 0.2) is 0 Å². The molecule has 0 aliphatic carbocycles. The van der Waals surface area contributed by atoms with Crippen molar-refractivity contribution in [3.8, 4) is 0 Å². The van der Waals surface area contributed by atoms with Crippen molar-refractivity contribution in [3.05, 3.63) is 29.8 Å². The van der Waals surface area contributed by atoms with Crippen molar-refractivity contribution in [1.82, 2.24) is 4.90 Å². The molecule has 1 aliphatic rings. The fourth-order valence-corrected chi connectivity index (χ4v) is 2.56. The second-order valence-corrected chi connectivity index (χ2v) is 4.70. The first-order valence-corrected chi connectivity index (χ1v) is 6.14. The van der Waals surface area contributed by atoms with Crippen molar-refractivity contribution in [1.29, 1.82) is 0 Å². The molecule has 0 spiro atoms. The third-order valence-corrected chi connectivity index (χ3v) is 3.59. The van der Waals surface area contributed by atoms with Gasteiger partial charge in [-0.05, 0) is 24.6 Å². The number of hydrogen-bond acceptors (Lipinski definition) is 4. The number of anilines is 1. The summed E-state index contributed by atoms with van der Waals surface area (Å²) in [5, 5.41) is 9.03. The lowest BCUT2D eigenvalue weighted by molar-refractivity contribution is -0.141. The maximum atomic E-state index is 11.0. The average molecular weight is 249 g/mol. The van der Waals surface area contributed by atoms with E-state index in [-0.39, 0.29) is 12.0 Å². The summed E-state index contributed by atoms with van der Waals surface area (Å²) in [5.41, 5.74) is 13.5. The molecule has 98 valence electrons. The number of nitrogen functional groups attached to an aromatic ring is 1. The second-order valence-electron chi connectivity index (χ2n) is 4.70. The Kier molecular flexibility index (Phi) is 3.84. The first-order valence-electron chi connectivity index (χ1n) is 6.14. The van der Waals surface area contributed by atoms with Crippen LogP contribution in [0.25, 0.3) is 0 Å². The lowest BCUT2D eigenvalue weighted by Crippen LogP contribution is -2.33. The number of nitrogens with zero attached hydrogens (tertiary/aromatic N) is 1. The Morgan fingerprint density at radius 1 is 1.50 bits per heavy atom. The molecular weight excluding hydrogens is 230 g/mol. The van der Waals surface area contributed by atoms with Crippen molar-refractivity contribution in [2.24, 2.45) is 11.7 Å². The number of rotatable bonds is 4. The van der Waals surface area contributed by atoms with Crippen LogP contribution in [0, 0.1) is 5.92 Å². The summed E-state index contributed by atoms with van der Waals surface area (Å²) in [5.74, 6) is -1.02. The highest BCUT2D eigenvalue weighted by atomic mass is 16.4. The molecule has 1 aromatic carbocycles. The van der Waals surface area contributed by atoms with Gasteiger partial charge >= 0.3 is 5.97 Å². The van der Waals surface area contributed by atoms with E-state index in [1.165, 1.54) is 0 Å². The number of carboxylic acid groups (broad SMARTS) is 1. The SMILES string of the molecule is NCC(c1ccccc1N)N1CCC(C(=O)O)C1. The predicted molar refractivity (Wildman–Crippen MR) is 70.0 cm³/mol. The van der Waals surface area contributed by atoms with Gasteiger partial charge in [-0.15, -0.1) is 0 Å². The fraction of sp³-hybridized carbons (Fsp3) is 0.462. The Labute approximate surface area is 106 Å². The van der Waals surface area contributed by atoms with Crippen LogP contribution in [0.2, 0.25) is 0 Å². The van der Waals surface area contributed by atoms with Crippen LogP contribution < -0.4 is 11.5 Å². The first kappa shape index (κ1) is 12.9. The van der Waals surface area contributed by atoms with E-state index in [0.29, 0.717) is 25.2 Å². The maximum Gasteiger partial charge on any atom is 0.307 e. The molecule has 1 aromatic rings. The highest BCUT2D eigenvalue weighted by molar-refractivity contribution is 5.70. The summed E-state index contributed by atoms with van der Waals surface area (Å²) in [4.78, 5) is 13.1. The van der Waals surface area contributed by atoms with E-state index in [9.17, 15) is 4.79 Å². The van der Waals surface area contributed by atoms with Gasteiger partial charge in [-0.25, -0.2) is 0 Å². The second kappa shape index (κ2) is 5.37. The molecule has 0 radical (unpaired) electrons. The standard InChI is InChI=1S/C13H19N3O2/c14-7-12(10-3-1-2-4-11(10)15)16-6-5-9(8-16)13(17)18/h1-4,9,12H,5-8,14-15H2,(H,17,18). The molecule has 1 aliphatic heterocycles. The number of likely N-dealkylation sites (tertiary alicyclic amines) is 1. The van der Waals surface area contributed by atoms with Gasteiger partial charge < -0.3 is 16.6 Å². The van der Waals surface area contributed by atoms with Crippen molar-refractivity contribution >= 4 is 11.7 Å². The molecule has 1 fully saturated rings. The fourth-order valence-electron chi connectivity index (χ4n) is 2.56. The highest BCUT2D eigenvalue weighted by Gasteiger charge is 2.32. The van der Waals surface area contributed by atoms with Gasteiger partial charge in [-0.2, -0.15) is 0 Å². The number of nitrogens with two attached hydrogens (primary N) is 2. The van der Waals surface area contributed by atoms with Crippen molar-refractivity contribution in [2.45, 2.75) is 12.5 Å². The van der Waals surface area contributed by atoms with Crippen LogP contribution >= 0.6 is 0 Å². The zero-order valence-corrected chi connectivity index (χ0v) is 10.2. The average Bonchev–Trinajstić information content (AvgIpc) is 2.82. The van der Waals surface area contributed by atoms with Gasteiger partial charge in [0.25, 0.3) is 0 Å². The minimum atomic E-state index is -0.727. The smallest absolute Gasteiger partial charge is 0.307 e. The predicted octanol–water partition coefficient (Wildman–Crippen LogP) is 0.675. The van der Waals surface area contributed by atoms with Crippen LogP contribution in [0.15, 0.2) is 24.3 Å². The summed E-state index contributed by atoms with van der Waals surface area (Å²) < 4.78 is 0. The molecule has 0 aromatic heterocycles. The molecule has 18 heavy (non-hydrogen) atoms. The summed E-state index contributed by atoms with van der Waals surface area (Å²) in [6.45, 7) is 1.75. The number of carbonyl (C=O) groups is 1. The molecule has 0 bridgehead atoms. The monoisotopic (exact) mass is 249 g/mol. The van der Waals surface area contributed by atoms with Crippen LogP contribution in [-0.4, -0.2) is 35.6 Å². The van der Waals surface area contributed by atoms with Crippen molar-refractivity contribution < 1.29 is 9.90 Å². The summed E-state index contributed by atoms with van der Waals surface area (Å²) in [6.07, 6.45) is 0.679. The lowest BCUT2D eigenvalue weighted by atomic mass is 10.0. The maximum absolute atomic E-state index is 11.0. The molecule has 2 rings (SSSR count). The Bertz CT molecular complexity index is 436. The van der Waals surface area contributed by atoms with Gasteiger partial charge in [0.1, 0.15) is 0 Å². The van der Waals surface area contributed by atoms with E-state index in [2.05, 4.69) is 4.90 Å². The Morgan fingerprint density at radius 2 is 2.22 bits per heavy atom. The van der Waals surface area contributed by atoms with Gasteiger partial charge in [0.05, 0.1) is 5.92 Å². The normalized spacial score (nSPS) is 21.9. The molecular formula is C13H19N3O2. The van der Waals surface area contributed by atoms with Crippen LogP contribution in [0.4, 0.5) is 5.69 Å². The number of para-hydroxylation sites is 1. The third-order valence-electron chi connectivity index (χ3n) is 3.59. The number of benzene rings is 1. The van der Waals surface area contributed by atoms with Gasteiger partial charge in [0.2, 0.25) is 0 Å². The van der Waals surface area contributed by atoms with Crippen LogP contribution in [0.1, 0.15) is 18.0 Å². The minimum Gasteiger partial charge on any atom is -0.481 e. The van der Waals surface area contributed by atoms with Crippen LogP contribution in [0.5, 0.6) is 0 Å². The molecule has 5 N–H and O–H groups in total. The summed E-state index contributed by atoms with van der Waals surface area (Å²) >= 11 is 0. The molecule has 1 saturated heterocycles. The van der Waals surface area contributed by atoms with Crippen LogP contribution in [0.3, 0.4) is 0 Å². The van der Waals surface area contributed by atoms with Crippen LogP contribution in [-0.2, 0) is 4.79 Å². The highest BCUT2D eigenvalue weighted by Crippen LogP contribution is 2.30. The van der Waals surface area contributed by atoms with E-state index in [1.807, 2.05) is 24.3 Å². The Morgan fingerprint density at radius 3 is 2.78 bits per heavy atom. The number of hydrogen-bond donors (Lipinski definition) is 3. The zero-order chi connectivity index (χ0) is 13.1. The molecule has 0 saturated carbocycles. The van der Waals surface area contributed by atoms with Gasteiger partial charge in [-0.1, -0.05) is 18.2 Å². The molecule has 0 amide bonds. The first-order chi connectivity index (χ1) is 8.63. The van der Waals surface area contributed by atoms with Crippen molar-refractivity contribution in [2.75, 3.05) is 25.4 Å². The molecule has 1 heterocycles. The third kappa shape index (κ3) is 2.47. The Hall–Kier alpha value is -1.59. The minimum absolute atomic E-state index is 0.00977. The Balaban J connectivity index is 2.16. The molecule has 2 unspecified atom stereocenters. The molecule has 5 heteroatoms. The molecule has 5 nitrogen and oxygen atoms in total. The number of carboxylic acids is 1.